The molecule has 1 aromatic heterocycles. The molecule has 8 nitrogen and oxygen atoms in total. The standard InChI is InChI=1S/C16H23N3OS.C10H10F3N3OS/c1-12(2)19-14(17-16(3,4)5)21-11-18(15(19)20)13-9-7-6-8-10-13;1-7(18(2,17)16-6-14)8-3-4-9(15-5-8)10(11,12)13/h6-10,12H,11H2,1-5H3;3-5,7H,1-2H3. The summed E-state index contributed by atoms with van der Waals surface area (Å²) in [6, 6.07) is 11.9. The molecular weight excluding hydrogens is 549 g/mol. The predicted octanol–water partition coefficient (Wildman–Crippen LogP) is 6.92. The number of thioether (sulfide) groups is 1. The van der Waals surface area contributed by atoms with E-state index < -0.39 is 26.8 Å². The van der Waals surface area contributed by atoms with Crippen LogP contribution >= 0.6 is 11.8 Å². The number of hydrogen-bond donors (Lipinski definition) is 0. The lowest BCUT2D eigenvalue weighted by molar-refractivity contribution is -0.141. The maximum absolute atomic E-state index is 12.8. The van der Waals surface area contributed by atoms with Gasteiger partial charge in [-0.2, -0.15) is 18.4 Å². The van der Waals surface area contributed by atoms with E-state index in [9.17, 15) is 22.2 Å². The molecule has 1 aliphatic rings. The van der Waals surface area contributed by atoms with Gasteiger partial charge in [0.05, 0.1) is 26.4 Å². The second kappa shape index (κ2) is 12.8. The minimum Gasteiger partial charge on any atom is -0.284 e. The van der Waals surface area contributed by atoms with Crippen molar-refractivity contribution in [1.82, 2.24) is 9.88 Å². The number of hydrogen-bond acceptors (Lipinski definition) is 7. The zero-order chi connectivity index (χ0) is 29.6. The molecule has 2 aromatic rings. The molecule has 212 valence electrons. The van der Waals surface area contributed by atoms with Crippen LogP contribution in [0.2, 0.25) is 0 Å². The number of carbonyl (C=O) groups excluding carboxylic acids is 1. The molecule has 13 heteroatoms. The van der Waals surface area contributed by atoms with Gasteiger partial charge in [-0.25, -0.2) is 9.00 Å². The van der Waals surface area contributed by atoms with Crippen molar-refractivity contribution in [3.8, 4) is 6.19 Å². The number of amidine groups is 1. The number of aliphatic imine (C=N–C) groups is 1. The third kappa shape index (κ3) is 8.96. The number of carbonyl (C=O) groups is 1. The number of nitrogens with zero attached hydrogens (tertiary/aromatic N) is 6. The molecule has 2 unspecified atom stereocenters. The van der Waals surface area contributed by atoms with E-state index in [-0.39, 0.29) is 17.6 Å². The monoisotopic (exact) mass is 582 g/mol. The molecule has 0 saturated carbocycles. The Morgan fingerprint density at radius 1 is 1.10 bits per heavy atom. The van der Waals surface area contributed by atoms with Crippen molar-refractivity contribution in [2.24, 2.45) is 9.36 Å². The zero-order valence-electron chi connectivity index (χ0n) is 22.9. The second-order valence-corrected chi connectivity index (χ2v) is 13.5. The fourth-order valence-electron chi connectivity index (χ4n) is 3.29. The number of aromatic nitrogens is 1. The number of benzene rings is 1. The van der Waals surface area contributed by atoms with Gasteiger partial charge in [-0.1, -0.05) is 36.0 Å². The number of pyridine rings is 1. The molecule has 3 rings (SSSR count). The number of alkyl halides is 3. The molecule has 0 radical (unpaired) electrons. The van der Waals surface area contributed by atoms with E-state index in [2.05, 4.69) is 9.35 Å². The van der Waals surface area contributed by atoms with Crippen LogP contribution in [0.5, 0.6) is 0 Å². The van der Waals surface area contributed by atoms with E-state index in [1.165, 1.54) is 25.4 Å². The molecule has 2 heterocycles. The lowest BCUT2D eigenvalue weighted by Gasteiger charge is -2.38. The van der Waals surface area contributed by atoms with Gasteiger partial charge in [0.2, 0.25) is 6.19 Å². The molecule has 2 amide bonds. The summed E-state index contributed by atoms with van der Waals surface area (Å²) < 4.78 is 52.1. The number of halogens is 3. The highest BCUT2D eigenvalue weighted by Crippen LogP contribution is 2.30. The Balaban J connectivity index is 0.000000277. The van der Waals surface area contributed by atoms with Gasteiger partial charge in [-0.15, -0.1) is 4.36 Å². The van der Waals surface area contributed by atoms with Crippen molar-refractivity contribution in [2.75, 3.05) is 17.0 Å². The van der Waals surface area contributed by atoms with Crippen LogP contribution in [0.3, 0.4) is 0 Å². The van der Waals surface area contributed by atoms with Crippen molar-refractivity contribution < 1.29 is 22.2 Å². The first-order chi connectivity index (χ1) is 18.0. The number of para-hydroxylation sites is 1. The highest BCUT2D eigenvalue weighted by atomic mass is 32.2. The molecule has 0 spiro atoms. The van der Waals surface area contributed by atoms with Gasteiger partial charge < -0.3 is 0 Å². The van der Waals surface area contributed by atoms with Gasteiger partial charge in [-0.3, -0.25) is 19.8 Å². The van der Waals surface area contributed by atoms with Crippen molar-refractivity contribution in [2.45, 2.75) is 64.5 Å². The van der Waals surface area contributed by atoms with Gasteiger partial charge in [0.25, 0.3) is 0 Å². The molecular formula is C26H33F3N6O2S2. The number of anilines is 1. The predicted molar refractivity (Wildman–Crippen MR) is 151 cm³/mol. The Hall–Kier alpha value is -3.11. The van der Waals surface area contributed by atoms with Crippen LogP contribution in [-0.2, 0) is 15.9 Å². The van der Waals surface area contributed by atoms with E-state index in [1.807, 2.05) is 65.0 Å². The summed E-state index contributed by atoms with van der Waals surface area (Å²) in [4.78, 5) is 24.4. The summed E-state index contributed by atoms with van der Waals surface area (Å²) in [7, 11) is -2.82. The maximum atomic E-state index is 12.8. The lowest BCUT2D eigenvalue weighted by Crippen LogP contribution is -2.53. The Bertz CT molecular complexity index is 1320. The highest BCUT2D eigenvalue weighted by Gasteiger charge is 2.35. The summed E-state index contributed by atoms with van der Waals surface area (Å²) in [5.41, 5.74) is 0.0632. The highest BCUT2D eigenvalue weighted by molar-refractivity contribution is 8.14. The summed E-state index contributed by atoms with van der Waals surface area (Å²) in [6.07, 6.45) is -0.784. The molecule has 0 aliphatic carbocycles. The van der Waals surface area contributed by atoms with E-state index >= 15 is 0 Å². The van der Waals surface area contributed by atoms with E-state index in [0.717, 1.165) is 23.1 Å². The topological polar surface area (TPSA) is 102 Å². The quantitative estimate of drug-likeness (QED) is 0.364. The van der Waals surface area contributed by atoms with Crippen molar-refractivity contribution >= 4 is 38.4 Å². The third-order valence-corrected chi connectivity index (χ3v) is 8.37. The Morgan fingerprint density at radius 2 is 1.72 bits per heavy atom. The van der Waals surface area contributed by atoms with Gasteiger partial charge in [-0.05, 0) is 65.3 Å². The van der Waals surface area contributed by atoms with Gasteiger partial charge in [0.1, 0.15) is 5.69 Å². The first kappa shape index (κ1) is 32.1. The van der Waals surface area contributed by atoms with Crippen molar-refractivity contribution in [3.63, 3.8) is 0 Å². The van der Waals surface area contributed by atoms with Crippen LogP contribution in [0, 0.1) is 11.5 Å². The number of nitriles is 1. The third-order valence-electron chi connectivity index (χ3n) is 5.41. The number of rotatable bonds is 4. The van der Waals surface area contributed by atoms with Crippen LogP contribution in [0.1, 0.15) is 58.0 Å². The SMILES string of the molecule is CC(C)N1C(=O)N(c2ccccc2)CSC1=NC(C)(C)C.CC(c1ccc(C(F)(F)F)nc1)S(C)(=O)=NC#N. The number of urea groups is 1. The summed E-state index contributed by atoms with van der Waals surface area (Å²) >= 11 is 1.61. The van der Waals surface area contributed by atoms with Crippen LogP contribution in [0.4, 0.5) is 23.7 Å². The Labute approximate surface area is 232 Å². The largest absolute Gasteiger partial charge is 0.433 e. The van der Waals surface area contributed by atoms with Gasteiger partial charge >= 0.3 is 12.2 Å². The van der Waals surface area contributed by atoms with Gasteiger partial charge in [0.15, 0.2) is 5.17 Å². The summed E-state index contributed by atoms with van der Waals surface area (Å²) in [5.74, 6) is 0.598. The lowest BCUT2D eigenvalue weighted by atomic mass is 10.1. The van der Waals surface area contributed by atoms with E-state index in [0.29, 0.717) is 11.4 Å². The van der Waals surface area contributed by atoms with Crippen molar-refractivity contribution in [1.29, 1.82) is 5.26 Å². The second-order valence-electron chi connectivity index (χ2n) is 10.0. The molecule has 0 bridgehead atoms. The zero-order valence-corrected chi connectivity index (χ0v) is 24.6. The van der Waals surface area contributed by atoms with Crippen LogP contribution in [0.15, 0.2) is 58.0 Å². The molecule has 1 fully saturated rings. The maximum Gasteiger partial charge on any atom is 0.433 e. The summed E-state index contributed by atoms with van der Waals surface area (Å²) in [6.45, 7) is 11.7. The normalized spacial score (nSPS) is 17.7. The van der Waals surface area contributed by atoms with Crippen LogP contribution < -0.4 is 4.90 Å². The van der Waals surface area contributed by atoms with Crippen LogP contribution in [0.25, 0.3) is 0 Å². The fourth-order valence-corrected chi connectivity index (χ4v) is 5.53. The Morgan fingerprint density at radius 3 is 2.18 bits per heavy atom. The Kier molecular flexibility index (Phi) is 10.6. The smallest absolute Gasteiger partial charge is 0.284 e. The first-order valence-corrected chi connectivity index (χ1v) is 15.0. The number of amides is 2. The van der Waals surface area contributed by atoms with Crippen LogP contribution in [-0.4, -0.2) is 49.0 Å². The van der Waals surface area contributed by atoms with E-state index in [1.54, 1.807) is 21.6 Å². The molecule has 39 heavy (non-hydrogen) atoms. The van der Waals surface area contributed by atoms with Gasteiger partial charge in [0, 0.05) is 24.2 Å². The van der Waals surface area contributed by atoms with E-state index in [4.69, 9.17) is 10.3 Å². The average Bonchev–Trinajstić information content (AvgIpc) is 2.83. The van der Waals surface area contributed by atoms with Crippen molar-refractivity contribution in [3.05, 3.63) is 59.9 Å². The minimum absolute atomic E-state index is 0.00190. The molecule has 1 aromatic carbocycles. The minimum atomic E-state index is -4.51. The molecule has 2 atom stereocenters. The molecule has 1 aliphatic heterocycles. The molecule has 1 saturated heterocycles. The fraction of sp³-hybridized carbons (Fsp3) is 0.462. The molecule has 0 N–H and O–H groups in total. The first-order valence-electron chi connectivity index (χ1n) is 12.0. The average molecular weight is 583 g/mol. The summed E-state index contributed by atoms with van der Waals surface area (Å²) in [5, 5.41) is 8.53.